The number of benzene rings is 3. The molecule has 6 heteroatoms. The number of hydrogen-bond donors (Lipinski definition) is 0. The number of nitrogens with zero attached hydrogens (tertiary/aromatic N) is 4. The van der Waals surface area contributed by atoms with Crippen molar-refractivity contribution < 1.29 is 9.47 Å². The van der Waals surface area contributed by atoms with Gasteiger partial charge in [0.25, 0.3) is 0 Å². The highest BCUT2D eigenvalue weighted by atomic mass is 16.5. The van der Waals surface area contributed by atoms with Crippen LogP contribution in [0.2, 0.25) is 0 Å². The highest BCUT2D eigenvalue weighted by Gasteiger charge is 2.21. The normalized spacial score (nSPS) is 13.9. The van der Waals surface area contributed by atoms with Crippen LogP contribution >= 0.6 is 0 Å². The predicted octanol–water partition coefficient (Wildman–Crippen LogP) is 5.03. The van der Waals surface area contributed by atoms with E-state index in [9.17, 15) is 0 Å². The van der Waals surface area contributed by atoms with Crippen LogP contribution < -0.4 is 19.3 Å². The van der Waals surface area contributed by atoms with Crippen molar-refractivity contribution in [2.24, 2.45) is 0 Å². The number of para-hydroxylation sites is 1. The lowest BCUT2D eigenvalue weighted by Gasteiger charge is -2.37. The van der Waals surface area contributed by atoms with Gasteiger partial charge in [-0.2, -0.15) is 0 Å². The molecule has 3 aromatic carbocycles. The van der Waals surface area contributed by atoms with Crippen LogP contribution in [0.1, 0.15) is 6.92 Å². The molecule has 0 saturated carbocycles. The molecule has 2 heterocycles. The topological polar surface area (TPSA) is 50.7 Å². The third-order valence-electron chi connectivity index (χ3n) is 6.00. The first-order chi connectivity index (χ1) is 16.2. The second kappa shape index (κ2) is 9.36. The lowest BCUT2D eigenvalue weighted by molar-refractivity contribution is 0.340. The maximum atomic E-state index is 5.59. The van der Waals surface area contributed by atoms with E-state index < -0.39 is 0 Å². The van der Waals surface area contributed by atoms with E-state index in [1.54, 1.807) is 7.11 Å². The maximum absolute atomic E-state index is 5.59. The van der Waals surface area contributed by atoms with Crippen molar-refractivity contribution in [3.8, 4) is 22.9 Å². The molecule has 0 N–H and O–H groups in total. The predicted molar refractivity (Wildman–Crippen MR) is 134 cm³/mol. The van der Waals surface area contributed by atoms with Gasteiger partial charge in [0.05, 0.1) is 19.2 Å². The molecule has 1 fully saturated rings. The van der Waals surface area contributed by atoms with Gasteiger partial charge in [-0.25, -0.2) is 9.97 Å². The van der Waals surface area contributed by atoms with E-state index in [4.69, 9.17) is 19.4 Å². The molecule has 0 aliphatic carbocycles. The fourth-order valence-corrected chi connectivity index (χ4v) is 4.28. The van der Waals surface area contributed by atoms with E-state index in [1.807, 2.05) is 49.4 Å². The molecule has 0 unspecified atom stereocenters. The van der Waals surface area contributed by atoms with Crippen LogP contribution in [0.25, 0.3) is 22.3 Å². The maximum Gasteiger partial charge on any atom is 0.162 e. The molecule has 0 spiro atoms. The SMILES string of the molecule is CCOc1ccc(-c2nc(N3CCN(c4cccc(OC)c4)CC3)c3ccccc3n2)cc1. The number of aromatic nitrogens is 2. The molecule has 1 aliphatic rings. The highest BCUT2D eigenvalue weighted by molar-refractivity contribution is 5.91. The molecule has 1 aromatic heterocycles. The number of piperazine rings is 1. The second-order valence-corrected chi connectivity index (χ2v) is 8.02. The van der Waals surface area contributed by atoms with Gasteiger partial charge in [0.15, 0.2) is 5.82 Å². The summed E-state index contributed by atoms with van der Waals surface area (Å²) >= 11 is 0. The summed E-state index contributed by atoms with van der Waals surface area (Å²) in [5.74, 6) is 3.48. The Morgan fingerprint density at radius 3 is 2.30 bits per heavy atom. The van der Waals surface area contributed by atoms with Crippen molar-refractivity contribution >= 4 is 22.4 Å². The van der Waals surface area contributed by atoms with Crippen molar-refractivity contribution in [2.45, 2.75) is 6.92 Å². The van der Waals surface area contributed by atoms with Gasteiger partial charge in [0.1, 0.15) is 17.3 Å². The average molecular weight is 441 g/mol. The van der Waals surface area contributed by atoms with Crippen molar-refractivity contribution in [3.63, 3.8) is 0 Å². The van der Waals surface area contributed by atoms with Crippen LogP contribution in [-0.4, -0.2) is 49.9 Å². The summed E-state index contributed by atoms with van der Waals surface area (Å²) < 4.78 is 11.0. The molecule has 4 aromatic rings. The molecular formula is C27H28N4O2. The van der Waals surface area contributed by atoms with Crippen molar-refractivity contribution in [2.75, 3.05) is 49.7 Å². The Bertz CT molecular complexity index is 1230. The van der Waals surface area contributed by atoms with Crippen LogP contribution in [0.4, 0.5) is 11.5 Å². The molecule has 5 rings (SSSR count). The Kier molecular flexibility index (Phi) is 5.98. The summed E-state index contributed by atoms with van der Waals surface area (Å²) in [7, 11) is 1.71. The number of ether oxygens (including phenoxy) is 2. The zero-order chi connectivity index (χ0) is 22.6. The van der Waals surface area contributed by atoms with Crippen LogP contribution in [0, 0.1) is 0 Å². The van der Waals surface area contributed by atoms with Gasteiger partial charge in [-0.3, -0.25) is 0 Å². The molecule has 1 aliphatic heterocycles. The second-order valence-electron chi connectivity index (χ2n) is 8.02. The minimum Gasteiger partial charge on any atom is -0.497 e. The average Bonchev–Trinajstić information content (AvgIpc) is 2.89. The summed E-state index contributed by atoms with van der Waals surface area (Å²) in [6.07, 6.45) is 0. The van der Waals surface area contributed by atoms with Crippen molar-refractivity contribution in [3.05, 3.63) is 72.8 Å². The Labute approximate surface area is 194 Å². The Hall–Kier alpha value is -3.80. The Morgan fingerprint density at radius 1 is 0.788 bits per heavy atom. The van der Waals surface area contributed by atoms with Gasteiger partial charge in [0, 0.05) is 48.9 Å². The molecule has 0 bridgehead atoms. The number of hydrogen-bond acceptors (Lipinski definition) is 6. The summed E-state index contributed by atoms with van der Waals surface area (Å²) in [6, 6.07) is 24.5. The van der Waals surface area contributed by atoms with E-state index in [1.165, 1.54) is 5.69 Å². The Morgan fingerprint density at radius 2 is 1.55 bits per heavy atom. The summed E-state index contributed by atoms with van der Waals surface area (Å²) in [5.41, 5.74) is 3.14. The summed E-state index contributed by atoms with van der Waals surface area (Å²) in [6.45, 7) is 6.26. The zero-order valence-corrected chi connectivity index (χ0v) is 19.1. The minimum absolute atomic E-state index is 0.651. The number of methoxy groups -OCH3 is 1. The van der Waals surface area contributed by atoms with Crippen LogP contribution in [0.5, 0.6) is 11.5 Å². The van der Waals surface area contributed by atoms with Crippen LogP contribution in [0.15, 0.2) is 72.8 Å². The highest BCUT2D eigenvalue weighted by Crippen LogP contribution is 2.30. The quantitative estimate of drug-likeness (QED) is 0.419. The lowest BCUT2D eigenvalue weighted by Crippen LogP contribution is -2.47. The fraction of sp³-hybridized carbons (Fsp3) is 0.259. The van der Waals surface area contributed by atoms with Crippen molar-refractivity contribution in [1.29, 1.82) is 0 Å². The van der Waals surface area contributed by atoms with Gasteiger partial charge in [-0.1, -0.05) is 18.2 Å². The number of anilines is 2. The number of fused-ring (bicyclic) bond motifs is 1. The molecule has 1 saturated heterocycles. The molecule has 6 nitrogen and oxygen atoms in total. The van der Waals surface area contributed by atoms with E-state index in [0.29, 0.717) is 6.61 Å². The molecule has 168 valence electrons. The van der Waals surface area contributed by atoms with Gasteiger partial charge in [0.2, 0.25) is 0 Å². The van der Waals surface area contributed by atoms with E-state index in [0.717, 1.165) is 65.8 Å². The largest absolute Gasteiger partial charge is 0.497 e. The Balaban J connectivity index is 1.43. The van der Waals surface area contributed by atoms with E-state index in [2.05, 4.69) is 40.1 Å². The van der Waals surface area contributed by atoms with E-state index >= 15 is 0 Å². The monoisotopic (exact) mass is 440 g/mol. The van der Waals surface area contributed by atoms with Crippen molar-refractivity contribution in [1.82, 2.24) is 9.97 Å². The van der Waals surface area contributed by atoms with E-state index in [-0.39, 0.29) is 0 Å². The van der Waals surface area contributed by atoms with Crippen LogP contribution in [-0.2, 0) is 0 Å². The molecule has 33 heavy (non-hydrogen) atoms. The number of rotatable bonds is 6. The molecule has 0 radical (unpaired) electrons. The first-order valence-electron chi connectivity index (χ1n) is 11.4. The summed E-state index contributed by atoms with van der Waals surface area (Å²) in [4.78, 5) is 14.7. The smallest absolute Gasteiger partial charge is 0.162 e. The molecule has 0 amide bonds. The molecular weight excluding hydrogens is 412 g/mol. The van der Waals surface area contributed by atoms with Gasteiger partial charge >= 0.3 is 0 Å². The first-order valence-corrected chi connectivity index (χ1v) is 11.4. The molecule has 0 atom stereocenters. The summed E-state index contributed by atoms with van der Waals surface area (Å²) in [5, 5.41) is 1.09. The third kappa shape index (κ3) is 4.42. The fourth-order valence-electron chi connectivity index (χ4n) is 4.28. The zero-order valence-electron chi connectivity index (χ0n) is 19.1. The third-order valence-corrected chi connectivity index (χ3v) is 6.00. The lowest BCUT2D eigenvalue weighted by atomic mass is 10.1. The minimum atomic E-state index is 0.651. The van der Waals surface area contributed by atoms with Gasteiger partial charge in [-0.05, 0) is 55.5 Å². The van der Waals surface area contributed by atoms with Crippen LogP contribution in [0.3, 0.4) is 0 Å². The first kappa shape index (κ1) is 21.1. The van der Waals surface area contributed by atoms with Gasteiger partial charge < -0.3 is 19.3 Å². The van der Waals surface area contributed by atoms with Gasteiger partial charge in [-0.15, -0.1) is 0 Å². The standard InChI is InChI=1S/C27H28N4O2/c1-3-33-22-13-11-20(12-14-22)26-28-25-10-5-4-9-24(25)27(29-26)31-17-15-30(16-18-31)21-7-6-8-23(19-21)32-2/h4-14,19H,3,15-18H2,1-2H3.